The minimum Gasteiger partial charge on any atom is -0.361 e. The lowest BCUT2D eigenvalue weighted by molar-refractivity contribution is -0.263. The van der Waals surface area contributed by atoms with Crippen LogP contribution >= 0.6 is 12.4 Å². The number of aliphatic hydroxyl groups is 1. The van der Waals surface area contributed by atoms with Crippen molar-refractivity contribution < 1.29 is 18.6 Å². The molecule has 1 heterocycles. The Balaban J connectivity index is 0.00000180. The van der Waals surface area contributed by atoms with E-state index < -0.39 is 23.5 Å². The number of benzene rings is 1. The van der Waals surface area contributed by atoms with Crippen LogP contribution in [0.15, 0.2) is 18.2 Å². The monoisotopic (exact) mass is 293 g/mol. The lowest BCUT2D eigenvalue weighted by Gasteiger charge is -2.46. The molecule has 2 N–H and O–H groups in total. The molecule has 3 nitrogen and oxygen atoms in total. The molecule has 0 saturated carbocycles. The molecule has 1 fully saturated rings. The highest BCUT2D eigenvalue weighted by Gasteiger charge is 2.45. The van der Waals surface area contributed by atoms with Crippen molar-refractivity contribution >= 4 is 12.4 Å². The van der Waals surface area contributed by atoms with Crippen molar-refractivity contribution in [1.82, 2.24) is 5.32 Å². The summed E-state index contributed by atoms with van der Waals surface area (Å²) in [6.45, 7) is 5.81. The Kier molecular flexibility index (Phi) is 4.57. The van der Waals surface area contributed by atoms with Gasteiger partial charge in [0.25, 0.3) is 0 Å². The molecule has 0 spiro atoms. The molecule has 1 aliphatic rings. The number of nitrogens with one attached hydrogen (secondary N) is 1. The quantitative estimate of drug-likeness (QED) is 0.835. The lowest BCUT2D eigenvalue weighted by Crippen LogP contribution is -2.63. The Morgan fingerprint density at radius 1 is 1.26 bits per heavy atom. The first-order valence-electron chi connectivity index (χ1n) is 5.83. The molecule has 0 aliphatic carbocycles. The van der Waals surface area contributed by atoms with Crippen molar-refractivity contribution in [1.29, 1.82) is 0 Å². The maximum atomic E-state index is 13.2. The van der Waals surface area contributed by atoms with Crippen LogP contribution in [-0.2, 0) is 10.5 Å². The minimum absolute atomic E-state index is 0. The first kappa shape index (κ1) is 16.3. The first-order valence-corrected chi connectivity index (χ1v) is 5.83. The first-order chi connectivity index (χ1) is 8.23. The third kappa shape index (κ3) is 3.23. The van der Waals surface area contributed by atoms with Crippen LogP contribution in [0, 0.1) is 11.6 Å². The summed E-state index contributed by atoms with van der Waals surface area (Å²) in [6, 6.07) is 2.44. The predicted octanol–water partition coefficient (Wildman–Crippen LogP) is 2.32. The van der Waals surface area contributed by atoms with Gasteiger partial charge in [-0.2, -0.15) is 0 Å². The van der Waals surface area contributed by atoms with Gasteiger partial charge < -0.3 is 15.2 Å². The van der Waals surface area contributed by atoms with Crippen LogP contribution in [0.5, 0.6) is 0 Å². The van der Waals surface area contributed by atoms with Gasteiger partial charge in [-0.25, -0.2) is 8.78 Å². The molecule has 0 aromatic heterocycles. The van der Waals surface area contributed by atoms with E-state index in [0.29, 0.717) is 0 Å². The second-order valence-electron chi connectivity index (χ2n) is 5.39. The SMILES string of the molecule is C[C@@H]1NC(C)(C)CO[C@@]1(O)c1cc(F)cc(F)c1.Cl. The molecular formula is C13H18ClF2NO2. The molecule has 0 bridgehead atoms. The molecule has 6 heteroatoms. The van der Waals surface area contributed by atoms with E-state index in [1.807, 2.05) is 13.8 Å². The zero-order chi connectivity index (χ0) is 13.6. The summed E-state index contributed by atoms with van der Waals surface area (Å²) < 4.78 is 31.9. The van der Waals surface area contributed by atoms with E-state index in [2.05, 4.69) is 5.32 Å². The molecule has 0 radical (unpaired) electrons. The Labute approximate surface area is 117 Å². The normalized spacial score (nSPS) is 29.7. The van der Waals surface area contributed by atoms with Gasteiger partial charge in [0.2, 0.25) is 5.79 Å². The van der Waals surface area contributed by atoms with E-state index in [9.17, 15) is 13.9 Å². The van der Waals surface area contributed by atoms with Gasteiger partial charge >= 0.3 is 0 Å². The average Bonchev–Trinajstić information content (AvgIpc) is 2.22. The maximum absolute atomic E-state index is 13.2. The van der Waals surface area contributed by atoms with Crippen molar-refractivity contribution in [3.63, 3.8) is 0 Å². The Morgan fingerprint density at radius 3 is 2.26 bits per heavy atom. The van der Waals surface area contributed by atoms with Crippen LogP contribution < -0.4 is 5.32 Å². The highest BCUT2D eigenvalue weighted by Crippen LogP contribution is 2.33. The topological polar surface area (TPSA) is 41.5 Å². The summed E-state index contributed by atoms with van der Waals surface area (Å²) >= 11 is 0. The van der Waals surface area contributed by atoms with Gasteiger partial charge in [-0.1, -0.05) is 0 Å². The molecular weight excluding hydrogens is 276 g/mol. The lowest BCUT2D eigenvalue weighted by atomic mass is 9.92. The summed E-state index contributed by atoms with van der Waals surface area (Å²) in [5.41, 5.74) is -0.215. The highest BCUT2D eigenvalue weighted by atomic mass is 35.5. The standard InChI is InChI=1S/C13H17F2NO2.ClH/c1-8-13(17,18-7-12(2,3)16-8)9-4-10(14)6-11(15)5-9;/h4-6,8,16-17H,7H2,1-3H3;1H/t8-,13+;/m0./s1. The molecule has 108 valence electrons. The van der Waals surface area contributed by atoms with Gasteiger partial charge in [0, 0.05) is 17.2 Å². The summed E-state index contributed by atoms with van der Waals surface area (Å²) in [5, 5.41) is 13.6. The molecule has 1 aliphatic heterocycles. The second kappa shape index (κ2) is 5.32. The third-order valence-corrected chi connectivity index (χ3v) is 3.12. The van der Waals surface area contributed by atoms with E-state index in [1.165, 1.54) is 0 Å². The predicted molar refractivity (Wildman–Crippen MR) is 70.1 cm³/mol. The van der Waals surface area contributed by atoms with Crippen molar-refractivity contribution in [3.8, 4) is 0 Å². The molecule has 1 saturated heterocycles. The molecule has 0 amide bonds. The van der Waals surface area contributed by atoms with Crippen LogP contribution in [0.4, 0.5) is 8.78 Å². The largest absolute Gasteiger partial charge is 0.361 e. The van der Waals surface area contributed by atoms with Crippen molar-refractivity contribution in [2.75, 3.05) is 6.61 Å². The van der Waals surface area contributed by atoms with E-state index in [1.54, 1.807) is 6.92 Å². The van der Waals surface area contributed by atoms with Crippen LogP contribution in [-0.4, -0.2) is 23.3 Å². The molecule has 1 aromatic rings. The molecule has 2 rings (SSSR count). The summed E-state index contributed by atoms with van der Waals surface area (Å²) in [6.07, 6.45) is 0. The van der Waals surface area contributed by atoms with Crippen LogP contribution in [0.25, 0.3) is 0 Å². The van der Waals surface area contributed by atoms with Gasteiger partial charge in [0.1, 0.15) is 11.6 Å². The van der Waals surface area contributed by atoms with Crippen molar-refractivity contribution in [2.24, 2.45) is 0 Å². The Bertz CT molecular complexity index is 450. The van der Waals surface area contributed by atoms with Gasteiger partial charge in [-0.3, -0.25) is 0 Å². The number of rotatable bonds is 1. The number of halogens is 3. The highest BCUT2D eigenvalue weighted by molar-refractivity contribution is 5.85. The Morgan fingerprint density at radius 2 is 1.79 bits per heavy atom. The summed E-state index contributed by atoms with van der Waals surface area (Å²) in [5.74, 6) is -3.20. The molecule has 19 heavy (non-hydrogen) atoms. The van der Waals surface area contributed by atoms with E-state index >= 15 is 0 Å². The summed E-state index contributed by atoms with van der Waals surface area (Å²) in [4.78, 5) is 0. The Hall–Kier alpha value is -0.750. The zero-order valence-corrected chi connectivity index (χ0v) is 11.9. The maximum Gasteiger partial charge on any atom is 0.208 e. The fourth-order valence-electron chi connectivity index (χ4n) is 2.24. The van der Waals surface area contributed by atoms with Crippen LogP contribution in [0.2, 0.25) is 0 Å². The van der Waals surface area contributed by atoms with E-state index in [0.717, 1.165) is 18.2 Å². The fourth-order valence-corrected chi connectivity index (χ4v) is 2.24. The smallest absolute Gasteiger partial charge is 0.208 e. The average molecular weight is 294 g/mol. The zero-order valence-electron chi connectivity index (χ0n) is 11.0. The summed E-state index contributed by atoms with van der Waals surface area (Å²) in [7, 11) is 0. The van der Waals surface area contributed by atoms with Crippen LogP contribution in [0.3, 0.4) is 0 Å². The van der Waals surface area contributed by atoms with Gasteiger partial charge in [0.15, 0.2) is 0 Å². The minimum atomic E-state index is -1.72. The second-order valence-corrected chi connectivity index (χ2v) is 5.39. The molecule has 1 aromatic carbocycles. The van der Waals surface area contributed by atoms with Crippen LogP contribution in [0.1, 0.15) is 26.3 Å². The number of hydrogen-bond donors (Lipinski definition) is 2. The van der Waals surface area contributed by atoms with Crippen molar-refractivity contribution in [3.05, 3.63) is 35.4 Å². The molecule has 2 atom stereocenters. The number of ether oxygens (including phenoxy) is 1. The van der Waals surface area contributed by atoms with Crippen molar-refractivity contribution in [2.45, 2.75) is 38.1 Å². The molecule has 0 unspecified atom stereocenters. The van der Waals surface area contributed by atoms with Gasteiger partial charge in [0.05, 0.1) is 12.6 Å². The number of hydrogen-bond acceptors (Lipinski definition) is 3. The van der Waals surface area contributed by atoms with Gasteiger partial charge in [-0.15, -0.1) is 12.4 Å². The number of morpholine rings is 1. The van der Waals surface area contributed by atoms with E-state index in [-0.39, 0.29) is 30.1 Å². The van der Waals surface area contributed by atoms with E-state index in [4.69, 9.17) is 4.74 Å². The van der Waals surface area contributed by atoms with Gasteiger partial charge in [-0.05, 0) is 32.9 Å². The fraction of sp³-hybridized carbons (Fsp3) is 0.538. The third-order valence-electron chi connectivity index (χ3n) is 3.12.